The number of nitrogens with zero attached hydrogens (tertiary/aromatic N) is 1. The van der Waals surface area contributed by atoms with Crippen molar-refractivity contribution in [1.29, 1.82) is 0 Å². The summed E-state index contributed by atoms with van der Waals surface area (Å²) in [5.74, 6) is 0.707. The zero-order chi connectivity index (χ0) is 8.27. The van der Waals surface area contributed by atoms with Crippen molar-refractivity contribution in [3.05, 3.63) is 22.8 Å². The highest BCUT2D eigenvalue weighted by Gasteiger charge is 2.00. The fourth-order valence-corrected chi connectivity index (χ4v) is 0.899. The summed E-state index contributed by atoms with van der Waals surface area (Å²) in [4.78, 5) is 4.02. The van der Waals surface area contributed by atoms with Gasteiger partial charge < -0.3 is 10.4 Å². The van der Waals surface area contributed by atoms with Crippen LogP contribution >= 0.6 is 11.6 Å². The molecule has 60 valence electrons. The van der Waals surface area contributed by atoms with Crippen LogP contribution < -0.4 is 5.32 Å². The first-order valence-corrected chi connectivity index (χ1v) is 3.59. The molecule has 0 aliphatic heterocycles. The van der Waals surface area contributed by atoms with Gasteiger partial charge in [-0.15, -0.1) is 0 Å². The van der Waals surface area contributed by atoms with E-state index in [1.54, 1.807) is 19.2 Å². The highest BCUT2D eigenvalue weighted by Crippen LogP contribution is 2.15. The average Bonchev–Trinajstić information content (AvgIpc) is 2.05. The van der Waals surface area contributed by atoms with Crippen molar-refractivity contribution in [2.75, 3.05) is 12.4 Å². The Balaban J connectivity index is 3.02. The Kier molecular flexibility index (Phi) is 2.68. The maximum atomic E-state index is 8.76. The molecule has 0 bridgehead atoms. The van der Waals surface area contributed by atoms with Crippen LogP contribution in [0.15, 0.2) is 12.1 Å². The van der Waals surface area contributed by atoms with Gasteiger partial charge in [0.2, 0.25) is 0 Å². The van der Waals surface area contributed by atoms with E-state index in [2.05, 4.69) is 10.3 Å². The monoisotopic (exact) mass is 172 g/mol. The number of pyridine rings is 1. The van der Waals surface area contributed by atoms with Crippen molar-refractivity contribution in [3.8, 4) is 0 Å². The summed E-state index contributed by atoms with van der Waals surface area (Å²) in [7, 11) is 1.76. The van der Waals surface area contributed by atoms with Crippen LogP contribution in [0.25, 0.3) is 0 Å². The second kappa shape index (κ2) is 3.55. The van der Waals surface area contributed by atoms with Crippen LogP contribution in [0.2, 0.25) is 5.02 Å². The second-order valence-corrected chi connectivity index (χ2v) is 2.44. The standard InChI is InChI=1S/C7H9ClN2O/c1-9-7-3-2-5(8)6(4-11)10-7/h2-3,11H,4H2,1H3,(H,9,10). The van der Waals surface area contributed by atoms with E-state index < -0.39 is 0 Å². The highest BCUT2D eigenvalue weighted by molar-refractivity contribution is 6.31. The van der Waals surface area contributed by atoms with Gasteiger partial charge in [0.15, 0.2) is 0 Å². The van der Waals surface area contributed by atoms with Gasteiger partial charge in [-0.3, -0.25) is 0 Å². The van der Waals surface area contributed by atoms with Gasteiger partial charge in [0.05, 0.1) is 17.3 Å². The molecule has 0 aromatic carbocycles. The molecule has 3 nitrogen and oxygen atoms in total. The molecule has 1 aromatic rings. The van der Waals surface area contributed by atoms with Gasteiger partial charge in [0.25, 0.3) is 0 Å². The van der Waals surface area contributed by atoms with E-state index in [1.165, 1.54) is 0 Å². The van der Waals surface area contributed by atoms with Gasteiger partial charge in [-0.25, -0.2) is 4.98 Å². The van der Waals surface area contributed by atoms with Crippen LogP contribution in [0.3, 0.4) is 0 Å². The second-order valence-electron chi connectivity index (χ2n) is 2.03. The summed E-state index contributed by atoms with van der Waals surface area (Å²) >= 11 is 5.70. The number of nitrogens with one attached hydrogen (secondary N) is 1. The molecule has 0 unspecified atom stereocenters. The fourth-order valence-electron chi connectivity index (χ4n) is 0.734. The number of hydrogen-bond donors (Lipinski definition) is 2. The number of aromatic nitrogens is 1. The average molecular weight is 173 g/mol. The third-order valence-electron chi connectivity index (χ3n) is 1.32. The molecule has 11 heavy (non-hydrogen) atoms. The number of halogens is 1. The molecule has 0 spiro atoms. The Labute approximate surface area is 70.0 Å². The van der Waals surface area contributed by atoms with E-state index in [9.17, 15) is 0 Å². The molecule has 1 aromatic heterocycles. The minimum atomic E-state index is -0.131. The van der Waals surface area contributed by atoms with Crippen LogP contribution in [0, 0.1) is 0 Å². The number of aliphatic hydroxyl groups excluding tert-OH is 1. The van der Waals surface area contributed by atoms with Crippen LogP contribution in [-0.4, -0.2) is 17.1 Å². The summed E-state index contributed by atoms with van der Waals surface area (Å²) in [6.45, 7) is -0.131. The topological polar surface area (TPSA) is 45.1 Å². The van der Waals surface area contributed by atoms with E-state index >= 15 is 0 Å². The van der Waals surface area contributed by atoms with Crippen LogP contribution in [-0.2, 0) is 6.61 Å². The van der Waals surface area contributed by atoms with Crippen molar-refractivity contribution < 1.29 is 5.11 Å². The van der Waals surface area contributed by atoms with Crippen LogP contribution in [0.5, 0.6) is 0 Å². The first-order chi connectivity index (χ1) is 5.27. The molecule has 0 fully saturated rings. The molecule has 0 saturated carbocycles. The normalized spacial score (nSPS) is 9.73. The number of anilines is 1. The summed E-state index contributed by atoms with van der Waals surface area (Å²) in [5, 5.41) is 12.1. The first kappa shape index (κ1) is 8.30. The summed E-state index contributed by atoms with van der Waals surface area (Å²) < 4.78 is 0. The fraction of sp³-hybridized carbons (Fsp3) is 0.286. The SMILES string of the molecule is CNc1ccc(Cl)c(CO)n1. The Hall–Kier alpha value is -0.800. The molecule has 0 radical (unpaired) electrons. The quantitative estimate of drug-likeness (QED) is 0.706. The van der Waals surface area contributed by atoms with E-state index in [1.807, 2.05) is 0 Å². The Morgan fingerprint density at radius 2 is 2.36 bits per heavy atom. The minimum Gasteiger partial charge on any atom is -0.390 e. The molecule has 4 heteroatoms. The number of hydrogen-bond acceptors (Lipinski definition) is 3. The third-order valence-corrected chi connectivity index (χ3v) is 1.67. The summed E-state index contributed by atoms with van der Waals surface area (Å²) in [5.41, 5.74) is 0.499. The smallest absolute Gasteiger partial charge is 0.126 e. The lowest BCUT2D eigenvalue weighted by atomic mass is 10.3. The molecule has 0 saturated heterocycles. The van der Waals surface area contributed by atoms with E-state index in [0.29, 0.717) is 16.5 Å². The lowest BCUT2D eigenvalue weighted by molar-refractivity contribution is 0.277. The van der Waals surface area contributed by atoms with Crippen molar-refractivity contribution >= 4 is 17.4 Å². The van der Waals surface area contributed by atoms with Crippen molar-refractivity contribution in [3.63, 3.8) is 0 Å². The Bertz CT molecular complexity index is 252. The van der Waals surface area contributed by atoms with E-state index in [4.69, 9.17) is 16.7 Å². The molecule has 0 atom stereocenters. The molecular weight excluding hydrogens is 164 g/mol. The molecule has 0 amide bonds. The van der Waals surface area contributed by atoms with Crippen LogP contribution in [0.1, 0.15) is 5.69 Å². The molecule has 2 N–H and O–H groups in total. The zero-order valence-corrected chi connectivity index (χ0v) is 6.89. The maximum Gasteiger partial charge on any atom is 0.126 e. The lowest BCUT2D eigenvalue weighted by Crippen LogP contribution is -1.96. The summed E-state index contributed by atoms with van der Waals surface area (Å²) in [6, 6.07) is 3.45. The van der Waals surface area contributed by atoms with Crippen molar-refractivity contribution in [2.24, 2.45) is 0 Å². The zero-order valence-electron chi connectivity index (χ0n) is 6.13. The minimum absolute atomic E-state index is 0.131. The van der Waals surface area contributed by atoms with Gasteiger partial charge in [-0.1, -0.05) is 11.6 Å². The molecule has 1 heterocycles. The van der Waals surface area contributed by atoms with Gasteiger partial charge in [-0.2, -0.15) is 0 Å². The van der Waals surface area contributed by atoms with Gasteiger partial charge in [-0.05, 0) is 12.1 Å². The molecule has 1 rings (SSSR count). The number of aliphatic hydroxyl groups is 1. The predicted molar refractivity (Wildman–Crippen MR) is 44.7 cm³/mol. The lowest BCUT2D eigenvalue weighted by Gasteiger charge is -2.02. The molecular formula is C7H9ClN2O. The predicted octanol–water partition coefficient (Wildman–Crippen LogP) is 1.27. The Morgan fingerprint density at radius 3 is 2.91 bits per heavy atom. The van der Waals surface area contributed by atoms with Crippen molar-refractivity contribution in [2.45, 2.75) is 6.61 Å². The maximum absolute atomic E-state index is 8.76. The molecule has 0 aliphatic rings. The van der Waals surface area contributed by atoms with Crippen LogP contribution in [0.4, 0.5) is 5.82 Å². The van der Waals surface area contributed by atoms with Gasteiger partial charge >= 0.3 is 0 Å². The van der Waals surface area contributed by atoms with E-state index in [-0.39, 0.29) is 6.61 Å². The Morgan fingerprint density at radius 1 is 1.64 bits per heavy atom. The largest absolute Gasteiger partial charge is 0.390 e. The van der Waals surface area contributed by atoms with Gasteiger partial charge in [0, 0.05) is 7.05 Å². The van der Waals surface area contributed by atoms with Crippen molar-refractivity contribution in [1.82, 2.24) is 4.98 Å². The third kappa shape index (κ3) is 1.82. The highest BCUT2D eigenvalue weighted by atomic mass is 35.5. The first-order valence-electron chi connectivity index (χ1n) is 3.22. The molecule has 0 aliphatic carbocycles. The number of rotatable bonds is 2. The van der Waals surface area contributed by atoms with Gasteiger partial charge in [0.1, 0.15) is 5.82 Å². The van der Waals surface area contributed by atoms with E-state index in [0.717, 1.165) is 0 Å². The summed E-state index contributed by atoms with van der Waals surface area (Å²) in [6.07, 6.45) is 0.